The zero-order valence-corrected chi connectivity index (χ0v) is 13.1. The lowest BCUT2D eigenvalue weighted by Gasteiger charge is -2.26. The molecule has 0 aliphatic rings. The molecule has 0 saturated carbocycles. The summed E-state index contributed by atoms with van der Waals surface area (Å²) < 4.78 is 0. The second-order valence-electron chi connectivity index (χ2n) is 6.93. The van der Waals surface area contributed by atoms with Crippen LogP contribution in [0.5, 0.6) is 0 Å². The SMILES string of the molecule is C/C(=C\CC(C)C)CC(C)(C)CCCN(C)C. The molecule has 0 saturated heterocycles. The van der Waals surface area contributed by atoms with Crippen LogP contribution in [-0.4, -0.2) is 25.5 Å². The predicted molar refractivity (Wildman–Crippen MR) is 79.4 cm³/mol. The summed E-state index contributed by atoms with van der Waals surface area (Å²) in [5, 5.41) is 0. The topological polar surface area (TPSA) is 3.24 Å². The van der Waals surface area contributed by atoms with Crippen molar-refractivity contribution in [2.45, 2.75) is 60.3 Å². The normalized spacial score (nSPS) is 13.8. The highest BCUT2D eigenvalue weighted by atomic mass is 15.0. The standard InChI is InChI=1S/C16H33N/c1-14(2)9-10-15(3)13-16(4,5)11-8-12-17(6)7/h10,14H,8-9,11-13H2,1-7H3/b15-10+. The summed E-state index contributed by atoms with van der Waals surface area (Å²) in [6.07, 6.45) is 7.51. The maximum atomic E-state index is 2.43. The molecule has 0 rings (SSSR count). The van der Waals surface area contributed by atoms with Crippen LogP contribution in [0, 0.1) is 11.3 Å². The molecule has 1 nitrogen and oxygen atoms in total. The second-order valence-corrected chi connectivity index (χ2v) is 6.93. The number of hydrogen-bond acceptors (Lipinski definition) is 1. The van der Waals surface area contributed by atoms with E-state index >= 15 is 0 Å². The highest BCUT2D eigenvalue weighted by molar-refractivity contribution is 5.01. The van der Waals surface area contributed by atoms with Gasteiger partial charge in [-0.1, -0.05) is 39.3 Å². The van der Waals surface area contributed by atoms with Gasteiger partial charge in [0.05, 0.1) is 0 Å². The summed E-state index contributed by atoms with van der Waals surface area (Å²) >= 11 is 0. The fourth-order valence-electron chi connectivity index (χ4n) is 2.23. The van der Waals surface area contributed by atoms with E-state index in [1.807, 2.05) is 0 Å². The Morgan fingerprint density at radius 3 is 2.29 bits per heavy atom. The molecule has 102 valence electrons. The molecule has 0 unspecified atom stereocenters. The van der Waals surface area contributed by atoms with Crippen molar-refractivity contribution in [2.24, 2.45) is 11.3 Å². The van der Waals surface area contributed by atoms with E-state index in [1.165, 1.54) is 32.2 Å². The average Bonchev–Trinajstić information content (AvgIpc) is 2.12. The first-order valence-electron chi connectivity index (χ1n) is 7.03. The molecule has 0 bridgehead atoms. The van der Waals surface area contributed by atoms with Crippen molar-refractivity contribution in [1.29, 1.82) is 0 Å². The molecular formula is C16H33N. The first-order chi connectivity index (χ1) is 7.73. The van der Waals surface area contributed by atoms with E-state index in [2.05, 4.69) is 59.7 Å². The van der Waals surface area contributed by atoms with Crippen LogP contribution in [0.1, 0.15) is 60.3 Å². The van der Waals surface area contributed by atoms with Gasteiger partial charge in [0.1, 0.15) is 0 Å². The second kappa shape index (κ2) is 7.92. The van der Waals surface area contributed by atoms with Crippen LogP contribution in [-0.2, 0) is 0 Å². The summed E-state index contributed by atoms with van der Waals surface area (Å²) in [5.41, 5.74) is 2.02. The van der Waals surface area contributed by atoms with Crippen LogP contribution in [0.3, 0.4) is 0 Å². The van der Waals surface area contributed by atoms with Crippen LogP contribution in [0.2, 0.25) is 0 Å². The van der Waals surface area contributed by atoms with Gasteiger partial charge in [-0.3, -0.25) is 0 Å². The van der Waals surface area contributed by atoms with Crippen LogP contribution in [0.4, 0.5) is 0 Å². The number of nitrogens with zero attached hydrogens (tertiary/aromatic N) is 1. The van der Waals surface area contributed by atoms with Crippen molar-refractivity contribution in [3.8, 4) is 0 Å². The Bertz CT molecular complexity index is 224. The van der Waals surface area contributed by atoms with E-state index in [0.717, 1.165) is 5.92 Å². The van der Waals surface area contributed by atoms with Gasteiger partial charge in [-0.2, -0.15) is 0 Å². The molecule has 0 atom stereocenters. The largest absolute Gasteiger partial charge is 0.309 e. The molecule has 0 heterocycles. The Kier molecular flexibility index (Phi) is 7.78. The van der Waals surface area contributed by atoms with E-state index in [4.69, 9.17) is 0 Å². The zero-order chi connectivity index (χ0) is 13.5. The Labute approximate surface area is 109 Å². The quantitative estimate of drug-likeness (QED) is 0.553. The fourth-order valence-corrected chi connectivity index (χ4v) is 2.23. The summed E-state index contributed by atoms with van der Waals surface area (Å²) in [6, 6.07) is 0. The molecule has 0 N–H and O–H groups in total. The monoisotopic (exact) mass is 239 g/mol. The Morgan fingerprint density at radius 1 is 1.24 bits per heavy atom. The van der Waals surface area contributed by atoms with Gasteiger partial charge in [0.25, 0.3) is 0 Å². The van der Waals surface area contributed by atoms with Gasteiger partial charge < -0.3 is 4.90 Å². The predicted octanol–water partition coefficient (Wildman–Crippen LogP) is 4.74. The minimum Gasteiger partial charge on any atom is -0.309 e. The van der Waals surface area contributed by atoms with Crippen molar-refractivity contribution in [3.63, 3.8) is 0 Å². The molecular weight excluding hydrogens is 206 g/mol. The summed E-state index contributed by atoms with van der Waals surface area (Å²) in [5.74, 6) is 0.779. The smallest absolute Gasteiger partial charge is 0.00246 e. The number of rotatable bonds is 8. The number of hydrogen-bond donors (Lipinski definition) is 0. The lowest BCUT2D eigenvalue weighted by atomic mass is 9.81. The van der Waals surface area contributed by atoms with Crippen LogP contribution < -0.4 is 0 Å². The third kappa shape index (κ3) is 10.6. The minimum atomic E-state index is 0.452. The van der Waals surface area contributed by atoms with Gasteiger partial charge in [-0.05, 0) is 64.6 Å². The zero-order valence-electron chi connectivity index (χ0n) is 13.1. The maximum absolute atomic E-state index is 2.43. The molecule has 0 spiro atoms. The summed E-state index contributed by atoms with van der Waals surface area (Å²) in [7, 11) is 4.31. The Hall–Kier alpha value is -0.300. The molecule has 0 aromatic heterocycles. The van der Waals surface area contributed by atoms with E-state index < -0.39 is 0 Å². The van der Waals surface area contributed by atoms with E-state index in [-0.39, 0.29) is 0 Å². The molecule has 0 radical (unpaired) electrons. The van der Waals surface area contributed by atoms with Gasteiger partial charge in [-0.25, -0.2) is 0 Å². The van der Waals surface area contributed by atoms with Gasteiger partial charge in [-0.15, -0.1) is 0 Å². The maximum Gasteiger partial charge on any atom is -0.00246 e. The average molecular weight is 239 g/mol. The van der Waals surface area contributed by atoms with E-state index in [9.17, 15) is 0 Å². The van der Waals surface area contributed by atoms with E-state index in [0.29, 0.717) is 5.41 Å². The molecule has 1 heteroatoms. The fraction of sp³-hybridized carbons (Fsp3) is 0.875. The molecule has 0 fully saturated rings. The van der Waals surface area contributed by atoms with Crippen LogP contribution in [0.15, 0.2) is 11.6 Å². The third-order valence-electron chi connectivity index (χ3n) is 3.15. The van der Waals surface area contributed by atoms with Gasteiger partial charge >= 0.3 is 0 Å². The lowest BCUT2D eigenvalue weighted by molar-refractivity contribution is 0.292. The Balaban J connectivity index is 4.01. The Morgan fingerprint density at radius 2 is 1.82 bits per heavy atom. The molecule has 0 aromatic rings. The van der Waals surface area contributed by atoms with E-state index in [1.54, 1.807) is 5.57 Å². The summed E-state index contributed by atoms with van der Waals surface area (Å²) in [4.78, 5) is 2.28. The lowest BCUT2D eigenvalue weighted by Crippen LogP contribution is -2.18. The third-order valence-corrected chi connectivity index (χ3v) is 3.15. The molecule has 0 aliphatic carbocycles. The van der Waals surface area contributed by atoms with Gasteiger partial charge in [0.15, 0.2) is 0 Å². The molecule has 17 heavy (non-hydrogen) atoms. The summed E-state index contributed by atoms with van der Waals surface area (Å²) in [6.45, 7) is 12.9. The molecule has 0 amide bonds. The number of allylic oxidation sites excluding steroid dienone is 2. The minimum absolute atomic E-state index is 0.452. The van der Waals surface area contributed by atoms with Crippen LogP contribution >= 0.6 is 0 Å². The first-order valence-corrected chi connectivity index (χ1v) is 7.03. The van der Waals surface area contributed by atoms with Crippen molar-refractivity contribution >= 4 is 0 Å². The van der Waals surface area contributed by atoms with Crippen molar-refractivity contribution < 1.29 is 0 Å². The van der Waals surface area contributed by atoms with Gasteiger partial charge in [0.2, 0.25) is 0 Å². The van der Waals surface area contributed by atoms with Crippen LogP contribution in [0.25, 0.3) is 0 Å². The van der Waals surface area contributed by atoms with Crippen molar-refractivity contribution in [2.75, 3.05) is 20.6 Å². The molecule has 0 aromatic carbocycles. The highest BCUT2D eigenvalue weighted by Gasteiger charge is 2.17. The highest BCUT2D eigenvalue weighted by Crippen LogP contribution is 2.30. The van der Waals surface area contributed by atoms with Gasteiger partial charge in [0, 0.05) is 0 Å². The van der Waals surface area contributed by atoms with Crippen molar-refractivity contribution in [1.82, 2.24) is 4.90 Å². The van der Waals surface area contributed by atoms with Crippen molar-refractivity contribution in [3.05, 3.63) is 11.6 Å². The molecule has 0 aliphatic heterocycles. The first kappa shape index (κ1) is 16.7.